The fraction of sp³-hybridized carbons (Fsp3) is 0.294. The average Bonchev–Trinajstić information content (AvgIpc) is 2.90. The number of carbonyl (C=O) groups is 3. The summed E-state index contributed by atoms with van der Waals surface area (Å²) in [5, 5.41) is 7.32. The normalized spacial score (nSPS) is 10.3. The molecule has 9 heteroatoms. The highest BCUT2D eigenvalue weighted by Crippen LogP contribution is 2.09. The highest BCUT2D eigenvalue weighted by atomic mass is 35.5. The summed E-state index contributed by atoms with van der Waals surface area (Å²) in [7, 11) is 0. The number of benzene rings is 1. The maximum atomic E-state index is 11.9. The number of amides is 3. The van der Waals surface area contributed by atoms with Gasteiger partial charge in [0.15, 0.2) is 0 Å². The number of nitrogens with one attached hydrogen (secondary N) is 3. The Balaban J connectivity index is 1.67. The first-order valence-corrected chi connectivity index (χ1v) is 8.35. The van der Waals surface area contributed by atoms with Crippen LogP contribution in [-0.2, 0) is 16.1 Å². The lowest BCUT2D eigenvalue weighted by Crippen LogP contribution is -2.44. The van der Waals surface area contributed by atoms with Crippen molar-refractivity contribution in [2.45, 2.75) is 26.8 Å². The van der Waals surface area contributed by atoms with Crippen molar-refractivity contribution < 1.29 is 14.4 Å². The van der Waals surface area contributed by atoms with Crippen LogP contribution in [-0.4, -0.2) is 34.0 Å². The van der Waals surface area contributed by atoms with E-state index in [0.717, 1.165) is 11.4 Å². The fourth-order valence-corrected chi connectivity index (χ4v) is 2.33. The van der Waals surface area contributed by atoms with Crippen LogP contribution >= 0.6 is 11.6 Å². The van der Waals surface area contributed by atoms with Gasteiger partial charge in [0.05, 0.1) is 5.69 Å². The van der Waals surface area contributed by atoms with Gasteiger partial charge in [0, 0.05) is 29.2 Å². The van der Waals surface area contributed by atoms with Crippen LogP contribution in [0.2, 0.25) is 5.02 Å². The number of halogens is 1. The van der Waals surface area contributed by atoms with Crippen molar-refractivity contribution in [3.63, 3.8) is 0 Å². The first kappa shape index (κ1) is 19.5. The van der Waals surface area contributed by atoms with E-state index in [4.69, 9.17) is 11.6 Å². The third-order valence-electron chi connectivity index (χ3n) is 3.48. The van der Waals surface area contributed by atoms with Crippen molar-refractivity contribution in [1.29, 1.82) is 0 Å². The van der Waals surface area contributed by atoms with E-state index in [1.54, 1.807) is 28.9 Å². The van der Waals surface area contributed by atoms with Gasteiger partial charge in [-0.15, -0.1) is 0 Å². The van der Waals surface area contributed by atoms with Gasteiger partial charge in [-0.2, -0.15) is 5.10 Å². The lowest BCUT2D eigenvalue weighted by atomic mass is 10.2. The van der Waals surface area contributed by atoms with Gasteiger partial charge in [0.2, 0.25) is 5.91 Å². The van der Waals surface area contributed by atoms with Gasteiger partial charge < -0.3 is 5.32 Å². The second-order valence-corrected chi connectivity index (χ2v) is 6.13. The van der Waals surface area contributed by atoms with Crippen LogP contribution < -0.4 is 16.2 Å². The Morgan fingerprint density at radius 2 is 1.73 bits per heavy atom. The van der Waals surface area contributed by atoms with Gasteiger partial charge in [-0.1, -0.05) is 11.6 Å². The average molecular weight is 378 g/mol. The van der Waals surface area contributed by atoms with Crippen molar-refractivity contribution in [1.82, 2.24) is 25.9 Å². The minimum atomic E-state index is -0.414. The SMILES string of the molecule is Cc1cc(C)n(CC(=O)NNC(=O)CCNC(=O)c2ccc(Cl)cc2)n1. The van der Waals surface area contributed by atoms with E-state index in [-0.39, 0.29) is 25.4 Å². The molecule has 1 heterocycles. The Morgan fingerprint density at radius 1 is 1.08 bits per heavy atom. The summed E-state index contributed by atoms with van der Waals surface area (Å²) in [6.45, 7) is 3.82. The maximum absolute atomic E-state index is 11.9. The van der Waals surface area contributed by atoms with E-state index in [1.165, 1.54) is 0 Å². The van der Waals surface area contributed by atoms with Crippen LogP contribution in [0.4, 0.5) is 0 Å². The number of nitrogens with zero attached hydrogens (tertiary/aromatic N) is 2. The van der Waals surface area contributed by atoms with E-state index >= 15 is 0 Å². The summed E-state index contributed by atoms with van der Waals surface area (Å²) in [6, 6.07) is 8.27. The summed E-state index contributed by atoms with van der Waals surface area (Å²) in [6.07, 6.45) is 0.0273. The van der Waals surface area contributed by atoms with Gasteiger partial charge in [-0.3, -0.25) is 29.9 Å². The van der Waals surface area contributed by atoms with Crippen molar-refractivity contribution in [2.24, 2.45) is 0 Å². The summed E-state index contributed by atoms with van der Waals surface area (Å²) in [5.74, 6) is -1.11. The van der Waals surface area contributed by atoms with Crippen LogP contribution in [0.25, 0.3) is 0 Å². The Kier molecular flexibility index (Phi) is 6.74. The molecule has 8 nitrogen and oxygen atoms in total. The third kappa shape index (κ3) is 5.89. The van der Waals surface area contributed by atoms with E-state index in [0.29, 0.717) is 10.6 Å². The molecule has 0 bridgehead atoms. The molecule has 3 amide bonds. The molecule has 1 aromatic heterocycles. The Morgan fingerprint density at radius 3 is 2.35 bits per heavy atom. The largest absolute Gasteiger partial charge is 0.352 e. The molecule has 0 radical (unpaired) electrons. The van der Waals surface area contributed by atoms with Crippen molar-refractivity contribution >= 4 is 29.3 Å². The summed E-state index contributed by atoms with van der Waals surface area (Å²) < 4.78 is 1.54. The molecule has 26 heavy (non-hydrogen) atoms. The smallest absolute Gasteiger partial charge is 0.260 e. The van der Waals surface area contributed by atoms with Crippen LogP contribution in [0, 0.1) is 13.8 Å². The monoisotopic (exact) mass is 377 g/mol. The Hall–Kier alpha value is -2.87. The summed E-state index contributed by atoms with van der Waals surface area (Å²) in [4.78, 5) is 35.4. The van der Waals surface area contributed by atoms with Crippen LogP contribution in [0.1, 0.15) is 28.2 Å². The number of hydrogen-bond acceptors (Lipinski definition) is 4. The molecule has 0 aliphatic heterocycles. The Bertz CT molecular complexity index is 801. The number of hydrazine groups is 1. The third-order valence-corrected chi connectivity index (χ3v) is 3.73. The van der Waals surface area contributed by atoms with E-state index in [2.05, 4.69) is 21.3 Å². The fourth-order valence-electron chi connectivity index (χ4n) is 2.21. The molecule has 0 saturated carbocycles. The van der Waals surface area contributed by atoms with E-state index in [1.807, 2.05) is 19.9 Å². The van der Waals surface area contributed by atoms with Gasteiger partial charge in [-0.05, 0) is 44.2 Å². The predicted octanol–water partition coefficient (Wildman–Crippen LogP) is 1.12. The number of hydrogen-bond donors (Lipinski definition) is 3. The first-order valence-electron chi connectivity index (χ1n) is 7.97. The highest BCUT2D eigenvalue weighted by Gasteiger charge is 2.09. The molecule has 2 aromatic rings. The van der Waals surface area contributed by atoms with Gasteiger partial charge in [0.25, 0.3) is 11.8 Å². The van der Waals surface area contributed by atoms with E-state index < -0.39 is 11.8 Å². The molecule has 0 unspecified atom stereocenters. The molecule has 0 spiro atoms. The van der Waals surface area contributed by atoms with Crippen molar-refractivity contribution in [3.8, 4) is 0 Å². The minimum Gasteiger partial charge on any atom is -0.352 e. The standard InChI is InChI=1S/C17H20ClN5O3/c1-11-9-12(2)23(22-11)10-16(25)21-20-15(24)7-8-19-17(26)13-3-5-14(18)6-4-13/h3-6,9H,7-8,10H2,1-2H3,(H,19,26)(H,20,24)(H,21,25). The first-order chi connectivity index (χ1) is 12.3. The molecule has 138 valence electrons. The lowest BCUT2D eigenvalue weighted by Gasteiger charge is -2.09. The molecule has 0 aliphatic rings. The second kappa shape index (κ2) is 9.00. The molecule has 0 saturated heterocycles. The van der Waals surface area contributed by atoms with Gasteiger partial charge in [-0.25, -0.2) is 0 Å². The maximum Gasteiger partial charge on any atom is 0.260 e. The quantitative estimate of drug-likeness (QED) is 0.656. The molecular formula is C17H20ClN5O3. The van der Waals surface area contributed by atoms with Crippen LogP contribution in [0.15, 0.2) is 30.3 Å². The molecule has 0 fully saturated rings. The topological polar surface area (TPSA) is 105 Å². The molecule has 2 rings (SSSR count). The molecule has 0 aliphatic carbocycles. The lowest BCUT2D eigenvalue weighted by molar-refractivity contribution is -0.129. The molecule has 0 atom stereocenters. The van der Waals surface area contributed by atoms with Gasteiger partial charge >= 0.3 is 0 Å². The number of rotatable bonds is 6. The van der Waals surface area contributed by atoms with Crippen LogP contribution in [0.3, 0.4) is 0 Å². The molecular weight excluding hydrogens is 358 g/mol. The number of carbonyl (C=O) groups excluding carboxylic acids is 3. The molecule has 3 N–H and O–H groups in total. The zero-order chi connectivity index (χ0) is 19.1. The second-order valence-electron chi connectivity index (χ2n) is 5.69. The zero-order valence-electron chi connectivity index (χ0n) is 14.5. The Labute approximate surface area is 155 Å². The van der Waals surface area contributed by atoms with Crippen molar-refractivity contribution in [3.05, 3.63) is 52.3 Å². The van der Waals surface area contributed by atoms with Gasteiger partial charge in [0.1, 0.15) is 6.54 Å². The number of aromatic nitrogens is 2. The number of aryl methyl sites for hydroxylation is 2. The summed E-state index contributed by atoms with van der Waals surface area (Å²) in [5.41, 5.74) is 6.74. The minimum absolute atomic E-state index is 0.00720. The van der Waals surface area contributed by atoms with Crippen LogP contribution in [0.5, 0.6) is 0 Å². The highest BCUT2D eigenvalue weighted by molar-refractivity contribution is 6.30. The predicted molar refractivity (Wildman–Crippen MR) is 96.4 cm³/mol. The van der Waals surface area contributed by atoms with E-state index in [9.17, 15) is 14.4 Å². The van der Waals surface area contributed by atoms with Crippen molar-refractivity contribution in [2.75, 3.05) is 6.54 Å². The molecule has 1 aromatic carbocycles. The zero-order valence-corrected chi connectivity index (χ0v) is 15.3. The summed E-state index contributed by atoms with van der Waals surface area (Å²) >= 11 is 5.76.